The molecule has 0 bridgehead atoms. The Morgan fingerprint density at radius 1 is 1.47 bits per heavy atom. The van der Waals surface area contributed by atoms with E-state index >= 15 is 0 Å². The summed E-state index contributed by atoms with van der Waals surface area (Å²) in [5.41, 5.74) is 0.868. The highest BCUT2D eigenvalue weighted by atomic mass is 19.1. The molecule has 0 saturated carbocycles. The summed E-state index contributed by atoms with van der Waals surface area (Å²) in [5.74, 6) is -0.0172. The Kier molecular flexibility index (Phi) is 4.07. The minimum Gasteiger partial charge on any atom is -0.466 e. The van der Waals surface area contributed by atoms with E-state index in [-0.39, 0.29) is 12.4 Å². The van der Waals surface area contributed by atoms with Gasteiger partial charge in [0.2, 0.25) is 0 Å². The molecule has 0 unspecified atom stereocenters. The molecule has 0 saturated heterocycles. The number of rotatable bonds is 4. The van der Waals surface area contributed by atoms with Crippen molar-refractivity contribution < 1.29 is 13.9 Å². The van der Waals surface area contributed by atoms with Gasteiger partial charge in [0.25, 0.3) is 0 Å². The van der Waals surface area contributed by atoms with E-state index < -0.39 is 5.82 Å². The summed E-state index contributed by atoms with van der Waals surface area (Å²) in [6, 6.07) is 4.42. The molecule has 0 amide bonds. The van der Waals surface area contributed by atoms with E-state index in [0.717, 1.165) is 6.07 Å². The minimum absolute atomic E-state index is 0.0489. The molecular weight excluding hydrogens is 197 g/mol. The summed E-state index contributed by atoms with van der Waals surface area (Å²) in [6.45, 7) is 1.92. The quantitative estimate of drug-likeness (QED) is 0.714. The molecule has 0 aromatic heterocycles. The van der Waals surface area contributed by atoms with Crippen LogP contribution in [-0.4, -0.2) is 13.9 Å². The third-order valence-corrected chi connectivity index (χ3v) is 1.95. The first kappa shape index (κ1) is 11.5. The number of methoxy groups -OCH3 is 1. The topological polar surface area (TPSA) is 42.2 Å². The molecule has 0 spiro atoms. The number of halogens is 1. The lowest BCUT2D eigenvalue weighted by Gasteiger charge is -2.11. The fourth-order valence-electron chi connectivity index (χ4n) is 1.28. The zero-order valence-corrected chi connectivity index (χ0v) is 8.71. The van der Waals surface area contributed by atoms with Crippen LogP contribution in [0.2, 0.25) is 0 Å². The molecule has 15 heavy (non-hydrogen) atoms. The average molecular weight is 209 g/mol. The van der Waals surface area contributed by atoms with Crippen molar-refractivity contribution >= 4 is 0 Å². The third kappa shape index (κ3) is 2.67. The van der Waals surface area contributed by atoms with E-state index in [1.54, 1.807) is 0 Å². The highest BCUT2D eigenvalue weighted by molar-refractivity contribution is 5.48. The molecular formula is C11H12FNO2. The molecule has 0 radical (unpaired) electrons. The SMILES string of the molecule is CCc1cc(F)cc(C#N)c1OCOC. The van der Waals surface area contributed by atoms with Crippen molar-refractivity contribution in [2.45, 2.75) is 13.3 Å². The maximum atomic E-state index is 13.1. The zero-order valence-electron chi connectivity index (χ0n) is 8.71. The van der Waals surface area contributed by atoms with Crippen molar-refractivity contribution in [1.82, 2.24) is 0 Å². The lowest BCUT2D eigenvalue weighted by molar-refractivity contribution is 0.0502. The van der Waals surface area contributed by atoms with Crippen LogP contribution in [0.4, 0.5) is 4.39 Å². The number of benzene rings is 1. The van der Waals surface area contributed by atoms with E-state index in [4.69, 9.17) is 14.7 Å². The van der Waals surface area contributed by atoms with E-state index in [0.29, 0.717) is 17.7 Å². The molecule has 1 rings (SSSR count). The summed E-state index contributed by atoms with van der Waals surface area (Å²) in [4.78, 5) is 0. The Bertz CT molecular complexity index is 385. The molecule has 0 aliphatic heterocycles. The predicted octanol–water partition coefficient (Wildman–Crippen LogP) is 2.24. The first-order valence-electron chi connectivity index (χ1n) is 4.57. The second-order valence-corrected chi connectivity index (χ2v) is 2.96. The largest absolute Gasteiger partial charge is 0.466 e. The molecule has 0 N–H and O–H groups in total. The van der Waals surface area contributed by atoms with Crippen molar-refractivity contribution in [3.63, 3.8) is 0 Å². The van der Waals surface area contributed by atoms with Crippen LogP contribution in [0.1, 0.15) is 18.1 Å². The van der Waals surface area contributed by atoms with E-state index in [1.165, 1.54) is 13.2 Å². The summed E-state index contributed by atoms with van der Waals surface area (Å²) in [5, 5.41) is 8.82. The number of hydrogen-bond acceptors (Lipinski definition) is 3. The van der Waals surface area contributed by atoms with Gasteiger partial charge < -0.3 is 9.47 Å². The highest BCUT2D eigenvalue weighted by Gasteiger charge is 2.11. The van der Waals surface area contributed by atoms with E-state index in [2.05, 4.69) is 0 Å². The maximum Gasteiger partial charge on any atom is 0.188 e. The molecule has 0 aliphatic carbocycles. The summed E-state index contributed by atoms with van der Waals surface area (Å²) >= 11 is 0. The van der Waals surface area contributed by atoms with Gasteiger partial charge in [-0.25, -0.2) is 4.39 Å². The van der Waals surface area contributed by atoms with Crippen LogP contribution < -0.4 is 4.74 Å². The number of nitriles is 1. The van der Waals surface area contributed by atoms with Gasteiger partial charge in [0, 0.05) is 7.11 Å². The summed E-state index contributed by atoms with van der Waals surface area (Å²) < 4.78 is 23.1. The van der Waals surface area contributed by atoms with Gasteiger partial charge in [0.1, 0.15) is 17.6 Å². The third-order valence-electron chi connectivity index (χ3n) is 1.95. The van der Waals surface area contributed by atoms with Gasteiger partial charge in [-0.1, -0.05) is 6.92 Å². The summed E-state index contributed by atoms with van der Waals surface area (Å²) in [7, 11) is 1.49. The van der Waals surface area contributed by atoms with Crippen molar-refractivity contribution in [3.05, 3.63) is 29.1 Å². The Morgan fingerprint density at radius 2 is 2.20 bits per heavy atom. The van der Waals surface area contributed by atoms with E-state index in [9.17, 15) is 4.39 Å². The first-order valence-corrected chi connectivity index (χ1v) is 4.57. The van der Waals surface area contributed by atoms with Gasteiger partial charge in [0.15, 0.2) is 6.79 Å². The predicted molar refractivity (Wildman–Crippen MR) is 53.0 cm³/mol. The number of hydrogen-bond donors (Lipinski definition) is 0. The van der Waals surface area contributed by atoms with Crippen molar-refractivity contribution in [1.29, 1.82) is 5.26 Å². The molecule has 1 aromatic rings. The minimum atomic E-state index is -0.423. The molecule has 1 aromatic carbocycles. The zero-order chi connectivity index (χ0) is 11.3. The lowest BCUT2D eigenvalue weighted by Crippen LogP contribution is -2.04. The van der Waals surface area contributed by atoms with Crippen LogP contribution in [-0.2, 0) is 11.2 Å². The van der Waals surface area contributed by atoms with Crippen LogP contribution in [0.3, 0.4) is 0 Å². The van der Waals surface area contributed by atoms with E-state index in [1.807, 2.05) is 13.0 Å². The molecule has 4 heteroatoms. The lowest BCUT2D eigenvalue weighted by atomic mass is 10.1. The van der Waals surface area contributed by atoms with Gasteiger partial charge in [-0.2, -0.15) is 5.26 Å². The average Bonchev–Trinajstić information content (AvgIpc) is 2.26. The number of aryl methyl sites for hydroxylation is 1. The molecule has 0 aliphatic rings. The van der Waals surface area contributed by atoms with Crippen LogP contribution in [0.25, 0.3) is 0 Å². The van der Waals surface area contributed by atoms with Gasteiger partial charge in [-0.05, 0) is 24.1 Å². The highest BCUT2D eigenvalue weighted by Crippen LogP contribution is 2.25. The molecule has 0 heterocycles. The standard InChI is InChI=1S/C11H12FNO2/c1-3-8-4-10(12)5-9(6-13)11(8)15-7-14-2/h4-5H,3,7H2,1-2H3. The van der Waals surface area contributed by atoms with Gasteiger partial charge in [0.05, 0.1) is 5.56 Å². The molecule has 80 valence electrons. The maximum absolute atomic E-state index is 13.1. The smallest absolute Gasteiger partial charge is 0.188 e. The van der Waals surface area contributed by atoms with Gasteiger partial charge >= 0.3 is 0 Å². The van der Waals surface area contributed by atoms with Gasteiger partial charge in [-0.3, -0.25) is 0 Å². The number of ether oxygens (including phenoxy) is 2. The molecule has 3 nitrogen and oxygen atoms in total. The van der Waals surface area contributed by atoms with Crippen LogP contribution in [0, 0.1) is 17.1 Å². The van der Waals surface area contributed by atoms with Crippen LogP contribution in [0.15, 0.2) is 12.1 Å². The van der Waals surface area contributed by atoms with Crippen LogP contribution in [0.5, 0.6) is 5.75 Å². The second kappa shape index (κ2) is 5.32. The fourth-order valence-corrected chi connectivity index (χ4v) is 1.28. The van der Waals surface area contributed by atoms with Crippen molar-refractivity contribution in [3.8, 4) is 11.8 Å². The van der Waals surface area contributed by atoms with Gasteiger partial charge in [-0.15, -0.1) is 0 Å². The van der Waals surface area contributed by atoms with Crippen molar-refractivity contribution in [2.75, 3.05) is 13.9 Å². The number of nitrogens with zero attached hydrogens (tertiary/aromatic N) is 1. The Morgan fingerprint density at radius 3 is 2.73 bits per heavy atom. The van der Waals surface area contributed by atoms with Crippen molar-refractivity contribution in [2.24, 2.45) is 0 Å². The summed E-state index contributed by atoms with van der Waals surface area (Å²) in [6.07, 6.45) is 0.603. The normalized spacial score (nSPS) is 9.73. The fraction of sp³-hybridized carbons (Fsp3) is 0.364. The first-order chi connectivity index (χ1) is 7.22. The Balaban J connectivity index is 3.13. The second-order valence-electron chi connectivity index (χ2n) is 2.96. The Labute approximate surface area is 88.0 Å². The molecule has 0 fully saturated rings. The van der Waals surface area contributed by atoms with Crippen LogP contribution >= 0.6 is 0 Å². The Hall–Kier alpha value is -1.60. The monoisotopic (exact) mass is 209 g/mol. The molecule has 0 atom stereocenters.